The lowest BCUT2D eigenvalue weighted by Gasteiger charge is -2.72. The van der Waals surface area contributed by atoms with Gasteiger partial charge in [0.25, 0.3) is 0 Å². The molecule has 0 aromatic heterocycles. The largest absolute Gasteiger partial charge is 0.459 e. The molecule has 6 rings (SSSR count). The number of aliphatic hydroxyl groups is 4. The topological polar surface area (TPSA) is 178 Å². The Morgan fingerprint density at radius 1 is 0.817 bits per heavy atom. The van der Waals surface area contributed by atoms with Crippen molar-refractivity contribution in [3.63, 3.8) is 0 Å². The highest BCUT2D eigenvalue weighted by molar-refractivity contribution is 5.88. The van der Waals surface area contributed by atoms with Gasteiger partial charge in [0, 0.05) is 24.7 Å². The van der Waals surface area contributed by atoms with E-state index >= 15 is 0 Å². The van der Waals surface area contributed by atoms with Gasteiger partial charge in [-0.1, -0.05) is 71.8 Å². The van der Waals surface area contributed by atoms with Crippen molar-refractivity contribution in [3.8, 4) is 0 Å². The van der Waals surface area contributed by atoms with Crippen molar-refractivity contribution in [2.75, 3.05) is 13.2 Å². The van der Waals surface area contributed by atoms with Crippen molar-refractivity contribution in [1.29, 1.82) is 0 Å². The highest BCUT2D eigenvalue weighted by Gasteiger charge is 2.73. The van der Waals surface area contributed by atoms with E-state index in [1.165, 1.54) is 12.5 Å². The number of aliphatic hydroxyl groups excluding tert-OH is 4. The van der Waals surface area contributed by atoms with Crippen LogP contribution in [-0.4, -0.2) is 101 Å². The fourth-order valence-corrected chi connectivity index (χ4v) is 13.8. The lowest BCUT2D eigenvalue weighted by atomic mass is 9.33. The SMILES string of the molecule is CC=C(C)C(=O)O[C@@H]1C(O)[C@H](O[C@H]2[C@@H](OC(C)=O)[C@@]3(CO)C(CC2(C)C)C2=CCC4[C@@]5(C)CCCC(C)(CO)C5CC[C@@]4(C)[C@]2(C)C[C@@H]3O)OC(C)[C@@H]1OC(=O)C(C)=CC. The quantitative estimate of drug-likeness (QED) is 0.0652. The van der Waals surface area contributed by atoms with E-state index < -0.39 is 89.8 Å². The minimum absolute atomic E-state index is 0.00777. The highest BCUT2D eigenvalue weighted by Crippen LogP contribution is 2.76. The van der Waals surface area contributed by atoms with Crippen molar-refractivity contribution in [2.45, 2.75) is 183 Å². The van der Waals surface area contributed by atoms with Gasteiger partial charge < -0.3 is 44.1 Å². The number of carbonyl (C=O) groups excluding carboxylic acids is 3. The van der Waals surface area contributed by atoms with Crippen molar-refractivity contribution in [3.05, 3.63) is 34.9 Å². The molecule has 60 heavy (non-hydrogen) atoms. The van der Waals surface area contributed by atoms with Crippen LogP contribution in [0.5, 0.6) is 0 Å². The summed E-state index contributed by atoms with van der Waals surface area (Å²) in [5.74, 6) is -1.66. The Morgan fingerprint density at radius 2 is 1.43 bits per heavy atom. The van der Waals surface area contributed by atoms with Gasteiger partial charge in [-0.05, 0) is 124 Å². The minimum atomic E-state index is -1.66. The Hall–Kier alpha value is -2.61. The Balaban J connectivity index is 1.38. The molecule has 16 atom stereocenters. The second-order valence-corrected chi connectivity index (χ2v) is 21.2. The normalized spacial score (nSPS) is 46.4. The number of esters is 3. The fraction of sp³-hybridized carbons (Fsp3) is 0.812. The summed E-state index contributed by atoms with van der Waals surface area (Å²) in [7, 11) is 0. The first-order chi connectivity index (χ1) is 28.0. The maximum absolute atomic E-state index is 13.2. The summed E-state index contributed by atoms with van der Waals surface area (Å²) >= 11 is 0. The van der Waals surface area contributed by atoms with E-state index in [4.69, 9.17) is 23.7 Å². The van der Waals surface area contributed by atoms with E-state index in [1.807, 2.05) is 13.8 Å². The number of allylic oxidation sites excluding steroid dienone is 4. The second-order valence-electron chi connectivity index (χ2n) is 21.2. The molecular weight excluding hydrogens is 769 g/mol. The summed E-state index contributed by atoms with van der Waals surface area (Å²) < 4.78 is 31.0. The molecule has 5 fully saturated rings. The lowest BCUT2D eigenvalue weighted by molar-refractivity contribution is -0.342. The summed E-state index contributed by atoms with van der Waals surface area (Å²) in [6, 6.07) is 0. The molecule has 1 heterocycles. The van der Waals surface area contributed by atoms with Gasteiger partial charge in [-0.15, -0.1) is 0 Å². The van der Waals surface area contributed by atoms with Crippen molar-refractivity contribution >= 4 is 17.9 Å². The van der Waals surface area contributed by atoms with Crippen molar-refractivity contribution < 1.29 is 58.5 Å². The van der Waals surface area contributed by atoms with Crippen LogP contribution >= 0.6 is 0 Å². The van der Waals surface area contributed by atoms with Crippen LogP contribution in [0.1, 0.15) is 134 Å². The first-order valence-corrected chi connectivity index (χ1v) is 22.4. The Morgan fingerprint density at radius 3 is 2.00 bits per heavy atom. The number of fused-ring (bicyclic) bond motifs is 7. The maximum Gasteiger partial charge on any atom is 0.333 e. The summed E-state index contributed by atoms with van der Waals surface area (Å²) in [6.07, 6.45) is 2.39. The standard InChI is InChI=1S/C48H74O12/c1-13-26(3)40(54)58-36-28(5)56-42(35(53)37(36)59-41(55)27(4)14-2)60-38-39(57-29(6)51)48(25-50)31(22-43(38,7)8)30-16-17-33-45(10)20-15-19-44(9,24-49)32(45)18-21-46(33,11)47(30,12)23-34(48)52/h13-14,16,28,31-39,42,49-50,52-53H,15,17-25H2,1-12H3/t28?,31?,32?,33?,34-,35?,36-,37+,38-,39+,42-,44?,45-,46+,47+,48-/m0/s1. The molecule has 0 amide bonds. The first kappa shape index (κ1) is 46.9. The van der Waals surface area contributed by atoms with Gasteiger partial charge in [-0.25, -0.2) is 9.59 Å². The van der Waals surface area contributed by atoms with Crippen molar-refractivity contribution in [1.82, 2.24) is 0 Å². The zero-order chi connectivity index (χ0) is 44.5. The molecule has 0 spiro atoms. The molecule has 0 aromatic rings. The zero-order valence-electron chi connectivity index (χ0n) is 38.2. The summed E-state index contributed by atoms with van der Waals surface area (Å²) in [5.41, 5.74) is -1.12. The third-order valence-electron chi connectivity index (χ3n) is 17.6. The predicted octanol–water partition coefficient (Wildman–Crippen LogP) is 6.51. The van der Waals surface area contributed by atoms with Crippen LogP contribution in [0.15, 0.2) is 34.9 Å². The van der Waals surface area contributed by atoms with Crippen LogP contribution in [0.3, 0.4) is 0 Å². The second kappa shape index (κ2) is 16.5. The van der Waals surface area contributed by atoms with Crippen LogP contribution in [0, 0.1) is 50.2 Å². The number of rotatable bonds is 9. The summed E-state index contributed by atoms with van der Waals surface area (Å²) in [6.45, 7) is 22.6. The number of hydrogen-bond acceptors (Lipinski definition) is 12. The minimum Gasteiger partial charge on any atom is -0.459 e. The number of hydrogen-bond donors (Lipinski definition) is 4. The molecule has 0 bridgehead atoms. The Labute approximate surface area is 357 Å². The molecule has 1 aliphatic heterocycles. The molecular formula is C48H74O12. The highest BCUT2D eigenvalue weighted by atomic mass is 16.7. The summed E-state index contributed by atoms with van der Waals surface area (Å²) in [4.78, 5) is 39.3. The predicted molar refractivity (Wildman–Crippen MR) is 224 cm³/mol. The average Bonchev–Trinajstić information content (AvgIpc) is 3.18. The number of ether oxygens (including phenoxy) is 5. The third kappa shape index (κ3) is 7.15. The van der Waals surface area contributed by atoms with E-state index in [0.29, 0.717) is 30.3 Å². The van der Waals surface area contributed by atoms with Gasteiger partial charge in [0.1, 0.15) is 18.3 Å². The van der Waals surface area contributed by atoms with Gasteiger partial charge in [0.15, 0.2) is 18.5 Å². The Kier molecular flexibility index (Phi) is 12.9. The molecule has 6 unspecified atom stereocenters. The van der Waals surface area contributed by atoms with Crippen molar-refractivity contribution in [2.24, 2.45) is 50.2 Å². The molecule has 1 saturated heterocycles. The molecule has 5 aliphatic carbocycles. The molecule has 6 aliphatic rings. The number of carbonyl (C=O) groups is 3. The van der Waals surface area contributed by atoms with E-state index in [0.717, 1.165) is 38.5 Å². The van der Waals surface area contributed by atoms with Gasteiger partial charge in [-0.3, -0.25) is 4.79 Å². The molecule has 0 radical (unpaired) electrons. The summed E-state index contributed by atoms with van der Waals surface area (Å²) in [5, 5.41) is 47.2. The first-order valence-electron chi connectivity index (χ1n) is 22.4. The molecule has 12 nitrogen and oxygen atoms in total. The van der Waals surface area contributed by atoms with Crippen LogP contribution < -0.4 is 0 Å². The monoisotopic (exact) mass is 843 g/mol. The lowest BCUT2D eigenvalue weighted by Crippen LogP contribution is -2.73. The van der Waals surface area contributed by atoms with Crippen LogP contribution in [0.25, 0.3) is 0 Å². The molecule has 12 heteroatoms. The Bertz CT molecular complexity index is 1770. The van der Waals surface area contributed by atoms with E-state index in [1.54, 1.807) is 46.8 Å². The van der Waals surface area contributed by atoms with E-state index in [2.05, 4.69) is 33.8 Å². The zero-order valence-corrected chi connectivity index (χ0v) is 38.2. The van der Waals surface area contributed by atoms with Gasteiger partial charge in [-0.2, -0.15) is 0 Å². The van der Waals surface area contributed by atoms with Crippen LogP contribution in [-0.2, 0) is 38.1 Å². The van der Waals surface area contributed by atoms with Crippen LogP contribution in [0.4, 0.5) is 0 Å². The molecule has 0 aromatic carbocycles. The van der Waals surface area contributed by atoms with Gasteiger partial charge >= 0.3 is 17.9 Å². The van der Waals surface area contributed by atoms with Gasteiger partial charge in [0.2, 0.25) is 0 Å². The molecule has 4 saturated carbocycles. The van der Waals surface area contributed by atoms with Gasteiger partial charge in [0.05, 0.1) is 24.2 Å². The van der Waals surface area contributed by atoms with E-state index in [9.17, 15) is 34.8 Å². The fourth-order valence-electron chi connectivity index (χ4n) is 13.8. The van der Waals surface area contributed by atoms with Crippen LogP contribution in [0.2, 0.25) is 0 Å². The molecule has 4 N–H and O–H groups in total. The smallest absolute Gasteiger partial charge is 0.333 e. The molecule has 338 valence electrons. The van der Waals surface area contributed by atoms with E-state index in [-0.39, 0.29) is 34.3 Å². The average molecular weight is 843 g/mol. The maximum atomic E-state index is 13.2. The third-order valence-corrected chi connectivity index (χ3v) is 17.6.